The highest BCUT2D eigenvalue weighted by Gasteiger charge is 2.25. The van der Waals surface area contributed by atoms with Crippen molar-refractivity contribution in [1.82, 2.24) is 9.38 Å². The number of nitrogens with zero attached hydrogens (tertiary/aromatic N) is 2. The normalized spacial score (nSPS) is 15.5. The third-order valence-electron chi connectivity index (χ3n) is 2.44. The Bertz CT molecular complexity index is 460. The molecule has 1 aliphatic rings. The van der Waals surface area contributed by atoms with E-state index in [-0.39, 0.29) is 17.0 Å². The molecule has 0 bridgehead atoms. The van der Waals surface area contributed by atoms with Gasteiger partial charge in [-0.15, -0.1) is 17.0 Å². The standard InChI is InChI=1S/C10H9BrN2.BrH/c11-8-3-4-13-6-9(7-1-2-7)12-10(13)5-8;/h3-7H,1-2H2;1H. The van der Waals surface area contributed by atoms with Gasteiger partial charge in [-0.25, -0.2) is 4.98 Å². The molecule has 0 spiro atoms. The summed E-state index contributed by atoms with van der Waals surface area (Å²) in [7, 11) is 0. The van der Waals surface area contributed by atoms with Crippen LogP contribution in [-0.4, -0.2) is 9.38 Å². The van der Waals surface area contributed by atoms with Crippen LogP contribution < -0.4 is 0 Å². The zero-order chi connectivity index (χ0) is 8.84. The zero-order valence-corrected chi connectivity index (χ0v) is 10.8. The van der Waals surface area contributed by atoms with Gasteiger partial charge in [0, 0.05) is 22.8 Å². The number of fused-ring (bicyclic) bond motifs is 1. The Morgan fingerprint density at radius 1 is 1.43 bits per heavy atom. The summed E-state index contributed by atoms with van der Waals surface area (Å²) >= 11 is 3.44. The topological polar surface area (TPSA) is 17.3 Å². The third kappa shape index (κ3) is 1.73. The summed E-state index contributed by atoms with van der Waals surface area (Å²) in [6.07, 6.45) is 6.80. The van der Waals surface area contributed by atoms with Crippen LogP contribution in [0.25, 0.3) is 5.65 Å². The van der Waals surface area contributed by atoms with E-state index in [2.05, 4.69) is 31.5 Å². The van der Waals surface area contributed by atoms with Crippen LogP contribution in [0.1, 0.15) is 24.5 Å². The van der Waals surface area contributed by atoms with Crippen LogP contribution in [0.2, 0.25) is 0 Å². The van der Waals surface area contributed by atoms with Gasteiger partial charge in [-0.05, 0) is 25.0 Å². The van der Waals surface area contributed by atoms with E-state index >= 15 is 0 Å². The highest BCUT2D eigenvalue weighted by Crippen LogP contribution is 2.39. The first-order valence-electron chi connectivity index (χ1n) is 4.47. The van der Waals surface area contributed by atoms with Crippen molar-refractivity contribution in [3.05, 3.63) is 34.7 Å². The molecule has 1 aliphatic carbocycles. The van der Waals surface area contributed by atoms with Crippen molar-refractivity contribution >= 4 is 38.6 Å². The van der Waals surface area contributed by atoms with Crippen LogP contribution >= 0.6 is 32.9 Å². The Hall–Kier alpha value is -0.350. The van der Waals surface area contributed by atoms with Crippen molar-refractivity contribution in [2.45, 2.75) is 18.8 Å². The number of pyridine rings is 1. The maximum Gasteiger partial charge on any atom is 0.138 e. The van der Waals surface area contributed by atoms with Gasteiger partial charge in [0.05, 0.1) is 5.69 Å². The summed E-state index contributed by atoms with van der Waals surface area (Å²) in [4.78, 5) is 4.57. The molecule has 0 N–H and O–H groups in total. The fraction of sp³-hybridized carbons (Fsp3) is 0.300. The smallest absolute Gasteiger partial charge is 0.138 e. The molecule has 0 aromatic carbocycles. The van der Waals surface area contributed by atoms with Crippen molar-refractivity contribution in [3.63, 3.8) is 0 Å². The lowest BCUT2D eigenvalue weighted by Gasteiger charge is -1.91. The van der Waals surface area contributed by atoms with Crippen LogP contribution in [0, 0.1) is 0 Å². The molecule has 2 aromatic rings. The fourth-order valence-corrected chi connectivity index (χ4v) is 1.88. The van der Waals surface area contributed by atoms with E-state index in [0.717, 1.165) is 16.0 Å². The monoisotopic (exact) mass is 316 g/mol. The highest BCUT2D eigenvalue weighted by atomic mass is 79.9. The minimum atomic E-state index is 0. The van der Waals surface area contributed by atoms with Gasteiger partial charge in [-0.1, -0.05) is 15.9 Å². The molecule has 74 valence electrons. The molecule has 4 heteroatoms. The maximum atomic E-state index is 4.57. The SMILES string of the molecule is Br.Brc1ccn2cc(C3CC3)nc2c1. The van der Waals surface area contributed by atoms with E-state index in [1.807, 2.05) is 18.3 Å². The molecule has 3 rings (SSSR count). The average molecular weight is 318 g/mol. The summed E-state index contributed by atoms with van der Waals surface area (Å²) in [5.74, 6) is 0.735. The van der Waals surface area contributed by atoms with Gasteiger partial charge >= 0.3 is 0 Å². The van der Waals surface area contributed by atoms with E-state index in [4.69, 9.17) is 0 Å². The number of imidazole rings is 1. The van der Waals surface area contributed by atoms with E-state index in [1.54, 1.807) is 0 Å². The molecular formula is C10H10Br2N2. The first-order chi connectivity index (χ1) is 6.33. The minimum absolute atomic E-state index is 0. The Balaban J connectivity index is 0.000000750. The summed E-state index contributed by atoms with van der Waals surface area (Å²) < 4.78 is 3.17. The van der Waals surface area contributed by atoms with Crippen LogP contribution in [0.5, 0.6) is 0 Å². The summed E-state index contributed by atoms with van der Waals surface area (Å²) in [5.41, 5.74) is 2.29. The van der Waals surface area contributed by atoms with Gasteiger partial charge in [0.25, 0.3) is 0 Å². The van der Waals surface area contributed by atoms with E-state index in [1.165, 1.54) is 18.5 Å². The third-order valence-corrected chi connectivity index (χ3v) is 2.93. The highest BCUT2D eigenvalue weighted by molar-refractivity contribution is 9.10. The second kappa shape index (κ2) is 3.66. The van der Waals surface area contributed by atoms with Gasteiger partial charge in [0.2, 0.25) is 0 Å². The summed E-state index contributed by atoms with van der Waals surface area (Å²) in [6.45, 7) is 0. The van der Waals surface area contributed by atoms with Crippen LogP contribution in [-0.2, 0) is 0 Å². The molecule has 0 radical (unpaired) electrons. The first-order valence-corrected chi connectivity index (χ1v) is 5.26. The molecule has 0 atom stereocenters. The van der Waals surface area contributed by atoms with Gasteiger partial charge in [-0.3, -0.25) is 0 Å². The lowest BCUT2D eigenvalue weighted by atomic mass is 10.3. The molecule has 2 aromatic heterocycles. The first kappa shape index (κ1) is 10.2. The maximum absolute atomic E-state index is 4.57. The van der Waals surface area contributed by atoms with Gasteiger partial charge in [0.1, 0.15) is 5.65 Å². The Morgan fingerprint density at radius 2 is 2.21 bits per heavy atom. The quantitative estimate of drug-likeness (QED) is 0.786. The number of hydrogen-bond acceptors (Lipinski definition) is 1. The second-order valence-electron chi connectivity index (χ2n) is 3.55. The molecule has 1 saturated carbocycles. The number of rotatable bonds is 1. The number of aromatic nitrogens is 2. The van der Waals surface area contributed by atoms with Crippen molar-refractivity contribution in [3.8, 4) is 0 Å². The zero-order valence-electron chi connectivity index (χ0n) is 7.48. The minimum Gasteiger partial charge on any atom is -0.307 e. The van der Waals surface area contributed by atoms with E-state index in [9.17, 15) is 0 Å². The summed E-state index contributed by atoms with van der Waals surface area (Å²) in [5, 5.41) is 0. The molecule has 0 amide bonds. The molecule has 0 unspecified atom stereocenters. The predicted molar refractivity (Wildman–Crippen MR) is 65.2 cm³/mol. The van der Waals surface area contributed by atoms with Crippen LogP contribution in [0.4, 0.5) is 0 Å². The molecule has 1 fully saturated rings. The lowest BCUT2D eigenvalue weighted by Crippen LogP contribution is -1.79. The number of hydrogen-bond donors (Lipinski definition) is 0. The second-order valence-corrected chi connectivity index (χ2v) is 4.47. The largest absolute Gasteiger partial charge is 0.307 e. The predicted octanol–water partition coefficient (Wildman–Crippen LogP) is 3.55. The Labute approximate surface area is 101 Å². The van der Waals surface area contributed by atoms with Gasteiger partial charge < -0.3 is 4.40 Å². The molecule has 2 nitrogen and oxygen atoms in total. The van der Waals surface area contributed by atoms with Crippen molar-refractivity contribution in [2.24, 2.45) is 0 Å². The Morgan fingerprint density at radius 3 is 2.93 bits per heavy atom. The van der Waals surface area contributed by atoms with E-state index in [0.29, 0.717) is 0 Å². The van der Waals surface area contributed by atoms with Crippen molar-refractivity contribution < 1.29 is 0 Å². The fourth-order valence-electron chi connectivity index (χ4n) is 1.55. The van der Waals surface area contributed by atoms with Crippen LogP contribution in [0.3, 0.4) is 0 Å². The molecular weight excluding hydrogens is 308 g/mol. The van der Waals surface area contributed by atoms with E-state index < -0.39 is 0 Å². The lowest BCUT2D eigenvalue weighted by molar-refractivity contribution is 1.06. The average Bonchev–Trinajstić information content (AvgIpc) is 2.87. The molecule has 14 heavy (non-hydrogen) atoms. The number of halogens is 2. The van der Waals surface area contributed by atoms with Crippen molar-refractivity contribution in [2.75, 3.05) is 0 Å². The Kier molecular flexibility index (Phi) is 2.66. The summed E-state index contributed by atoms with van der Waals surface area (Å²) in [6, 6.07) is 4.08. The van der Waals surface area contributed by atoms with Crippen LogP contribution in [0.15, 0.2) is 29.0 Å². The van der Waals surface area contributed by atoms with Gasteiger partial charge in [-0.2, -0.15) is 0 Å². The molecule has 0 aliphatic heterocycles. The van der Waals surface area contributed by atoms with Gasteiger partial charge in [0.15, 0.2) is 0 Å². The van der Waals surface area contributed by atoms with Crippen molar-refractivity contribution in [1.29, 1.82) is 0 Å². The molecule has 0 saturated heterocycles. The molecule has 2 heterocycles.